The first kappa shape index (κ1) is 14.4. The van der Waals surface area contributed by atoms with E-state index in [2.05, 4.69) is 15.9 Å². The summed E-state index contributed by atoms with van der Waals surface area (Å²) in [5, 5.41) is 9.25. The van der Waals surface area contributed by atoms with Crippen LogP contribution in [0.5, 0.6) is 0 Å². The van der Waals surface area contributed by atoms with Crippen molar-refractivity contribution in [2.75, 3.05) is 0 Å². The fourth-order valence-electron chi connectivity index (χ4n) is 1.98. The summed E-state index contributed by atoms with van der Waals surface area (Å²) in [5.41, 5.74) is 1.47. The summed E-state index contributed by atoms with van der Waals surface area (Å²) in [5.74, 6) is -2.15. The minimum absolute atomic E-state index is 0.0683. The minimum atomic E-state index is -0.995. The maximum atomic E-state index is 13.8. The van der Waals surface area contributed by atoms with Crippen molar-refractivity contribution in [2.24, 2.45) is 0 Å². The fraction of sp³-hybridized carbons (Fsp3) is 0.125. The Labute approximate surface area is 125 Å². The molecule has 2 rings (SSSR count). The molecule has 2 aromatic carbocycles. The molecule has 0 aliphatic rings. The summed E-state index contributed by atoms with van der Waals surface area (Å²) >= 11 is 3.14. The van der Waals surface area contributed by atoms with E-state index >= 15 is 0 Å². The number of benzene rings is 2. The Morgan fingerprint density at radius 3 is 2.65 bits per heavy atom. The fourth-order valence-corrected chi connectivity index (χ4v) is 2.31. The Hall–Kier alpha value is -1.99. The summed E-state index contributed by atoms with van der Waals surface area (Å²) in [6, 6.07) is 13.3. The number of nitriles is 1. The van der Waals surface area contributed by atoms with E-state index in [1.807, 2.05) is 19.1 Å². The van der Waals surface area contributed by atoms with Crippen molar-refractivity contribution in [3.8, 4) is 6.07 Å². The molecule has 0 aromatic heterocycles. The third-order valence-corrected chi connectivity index (χ3v) is 3.46. The van der Waals surface area contributed by atoms with Gasteiger partial charge in [0.05, 0.1) is 11.6 Å². The number of Topliss-reactive ketones (excluding diaryl/α,β-unsaturated/α-hetero) is 1. The lowest BCUT2D eigenvalue weighted by Crippen LogP contribution is -2.13. The van der Waals surface area contributed by atoms with Gasteiger partial charge in [0.2, 0.25) is 0 Å². The van der Waals surface area contributed by atoms with Gasteiger partial charge in [0.25, 0.3) is 0 Å². The largest absolute Gasteiger partial charge is 0.292 e. The van der Waals surface area contributed by atoms with Gasteiger partial charge in [-0.25, -0.2) is 4.39 Å². The first-order valence-corrected chi connectivity index (χ1v) is 6.77. The van der Waals surface area contributed by atoms with Gasteiger partial charge in [0.15, 0.2) is 5.78 Å². The second kappa shape index (κ2) is 5.98. The average Bonchev–Trinajstić information content (AvgIpc) is 2.39. The second-order valence-corrected chi connectivity index (χ2v) is 5.38. The number of carbonyl (C=O) groups excluding carboxylic acids is 1. The molecule has 1 atom stereocenters. The zero-order valence-corrected chi connectivity index (χ0v) is 12.3. The molecule has 0 radical (unpaired) electrons. The van der Waals surface area contributed by atoms with Gasteiger partial charge in [-0.2, -0.15) is 5.26 Å². The van der Waals surface area contributed by atoms with Crippen molar-refractivity contribution >= 4 is 21.7 Å². The summed E-state index contributed by atoms with van der Waals surface area (Å²) in [6.45, 7) is 1.88. The van der Waals surface area contributed by atoms with Gasteiger partial charge < -0.3 is 0 Å². The third-order valence-electron chi connectivity index (χ3n) is 2.96. The summed E-state index contributed by atoms with van der Waals surface area (Å²) in [7, 11) is 0. The smallest absolute Gasteiger partial charge is 0.187 e. The third kappa shape index (κ3) is 2.94. The average molecular weight is 332 g/mol. The summed E-state index contributed by atoms with van der Waals surface area (Å²) in [4.78, 5) is 12.3. The maximum absolute atomic E-state index is 13.8. The SMILES string of the molecule is Cc1cccc(C(C#N)C(=O)c2ccc(Br)cc2F)c1. The van der Waals surface area contributed by atoms with Gasteiger partial charge in [0.1, 0.15) is 11.7 Å². The van der Waals surface area contributed by atoms with Crippen molar-refractivity contribution in [3.63, 3.8) is 0 Å². The van der Waals surface area contributed by atoms with Crippen LogP contribution in [0.2, 0.25) is 0 Å². The molecule has 0 aliphatic carbocycles. The molecule has 20 heavy (non-hydrogen) atoms. The zero-order valence-electron chi connectivity index (χ0n) is 10.7. The molecule has 0 amide bonds. The van der Waals surface area contributed by atoms with Crippen LogP contribution < -0.4 is 0 Å². The molecule has 4 heteroatoms. The predicted octanol–water partition coefficient (Wildman–Crippen LogP) is 4.39. The van der Waals surface area contributed by atoms with Gasteiger partial charge in [0, 0.05) is 4.47 Å². The maximum Gasteiger partial charge on any atom is 0.187 e. The molecule has 0 aliphatic heterocycles. The molecule has 2 nitrogen and oxygen atoms in total. The van der Waals surface area contributed by atoms with Crippen LogP contribution >= 0.6 is 15.9 Å². The summed E-state index contributed by atoms with van der Waals surface area (Å²) < 4.78 is 14.4. The van der Waals surface area contributed by atoms with E-state index in [1.54, 1.807) is 24.3 Å². The predicted molar refractivity (Wildman–Crippen MR) is 78.0 cm³/mol. The molecule has 0 saturated heterocycles. The molecular formula is C16H11BrFNO. The van der Waals surface area contributed by atoms with Gasteiger partial charge in [-0.3, -0.25) is 4.79 Å². The minimum Gasteiger partial charge on any atom is -0.292 e. The van der Waals surface area contributed by atoms with Crippen LogP contribution in [0.4, 0.5) is 4.39 Å². The molecular weight excluding hydrogens is 321 g/mol. The highest BCUT2D eigenvalue weighted by Crippen LogP contribution is 2.24. The summed E-state index contributed by atoms with van der Waals surface area (Å²) in [6.07, 6.45) is 0. The van der Waals surface area contributed by atoms with Crippen molar-refractivity contribution < 1.29 is 9.18 Å². The highest BCUT2D eigenvalue weighted by Gasteiger charge is 2.24. The van der Waals surface area contributed by atoms with Crippen molar-refractivity contribution in [3.05, 3.63) is 69.4 Å². The number of ketones is 1. The normalized spacial score (nSPS) is 11.7. The van der Waals surface area contributed by atoms with E-state index in [0.717, 1.165) is 5.56 Å². The van der Waals surface area contributed by atoms with Crippen LogP contribution in [0.3, 0.4) is 0 Å². The second-order valence-electron chi connectivity index (χ2n) is 4.46. The molecule has 0 bridgehead atoms. The molecule has 100 valence electrons. The Morgan fingerprint density at radius 1 is 1.30 bits per heavy atom. The van der Waals surface area contributed by atoms with E-state index in [4.69, 9.17) is 0 Å². The van der Waals surface area contributed by atoms with Crippen molar-refractivity contribution in [1.82, 2.24) is 0 Å². The highest BCUT2D eigenvalue weighted by atomic mass is 79.9. The van der Waals surface area contributed by atoms with Gasteiger partial charge in [-0.15, -0.1) is 0 Å². The molecule has 0 spiro atoms. The lowest BCUT2D eigenvalue weighted by molar-refractivity contribution is 0.0975. The number of hydrogen-bond acceptors (Lipinski definition) is 2. The van der Waals surface area contributed by atoms with E-state index in [-0.39, 0.29) is 5.56 Å². The lowest BCUT2D eigenvalue weighted by Gasteiger charge is -2.10. The van der Waals surface area contributed by atoms with Gasteiger partial charge in [-0.05, 0) is 30.7 Å². The van der Waals surface area contributed by atoms with Crippen LogP contribution in [0.1, 0.15) is 27.4 Å². The Bertz CT molecular complexity index is 706. The van der Waals surface area contributed by atoms with Crippen LogP contribution in [-0.2, 0) is 0 Å². The number of hydrogen-bond donors (Lipinski definition) is 0. The monoisotopic (exact) mass is 331 g/mol. The number of carbonyl (C=O) groups is 1. The van der Waals surface area contributed by atoms with Crippen LogP contribution in [0, 0.1) is 24.1 Å². The van der Waals surface area contributed by atoms with E-state index in [9.17, 15) is 14.4 Å². The molecule has 0 heterocycles. The first-order valence-electron chi connectivity index (χ1n) is 5.98. The van der Waals surface area contributed by atoms with Crippen molar-refractivity contribution in [1.29, 1.82) is 5.26 Å². The van der Waals surface area contributed by atoms with Crippen LogP contribution in [-0.4, -0.2) is 5.78 Å². The van der Waals surface area contributed by atoms with Gasteiger partial charge >= 0.3 is 0 Å². The first-order chi connectivity index (χ1) is 9.52. The molecule has 0 N–H and O–H groups in total. The number of nitrogens with zero attached hydrogens (tertiary/aromatic N) is 1. The van der Waals surface area contributed by atoms with E-state index in [0.29, 0.717) is 10.0 Å². The molecule has 2 aromatic rings. The van der Waals surface area contributed by atoms with Crippen LogP contribution in [0.15, 0.2) is 46.9 Å². The Kier molecular flexibility index (Phi) is 4.31. The number of halogens is 2. The Morgan fingerprint density at radius 2 is 2.05 bits per heavy atom. The Balaban J connectivity index is 2.42. The van der Waals surface area contributed by atoms with E-state index in [1.165, 1.54) is 12.1 Å². The number of aryl methyl sites for hydroxylation is 1. The standard InChI is InChI=1S/C16H11BrFNO/c1-10-3-2-4-11(7-10)14(9-19)16(20)13-6-5-12(17)8-15(13)18/h2-8,14H,1H3. The highest BCUT2D eigenvalue weighted by molar-refractivity contribution is 9.10. The van der Waals surface area contributed by atoms with Crippen LogP contribution in [0.25, 0.3) is 0 Å². The van der Waals surface area contributed by atoms with Gasteiger partial charge in [-0.1, -0.05) is 45.8 Å². The van der Waals surface area contributed by atoms with Crippen molar-refractivity contribution in [2.45, 2.75) is 12.8 Å². The molecule has 0 saturated carbocycles. The topological polar surface area (TPSA) is 40.9 Å². The quantitative estimate of drug-likeness (QED) is 0.783. The molecule has 1 unspecified atom stereocenters. The van der Waals surface area contributed by atoms with E-state index < -0.39 is 17.5 Å². The lowest BCUT2D eigenvalue weighted by atomic mass is 9.91. The number of rotatable bonds is 3. The zero-order chi connectivity index (χ0) is 14.7. The molecule has 0 fully saturated rings.